The number of alkyl halides is 2. The third-order valence-electron chi connectivity index (χ3n) is 8.27. The highest BCUT2D eigenvalue weighted by atomic mass is 35.5. The van der Waals surface area contributed by atoms with Crippen LogP contribution in [0, 0.1) is 10.8 Å². The smallest absolute Gasteiger partial charge is 0.407 e. The number of amides is 2. The van der Waals surface area contributed by atoms with Crippen molar-refractivity contribution in [3.05, 3.63) is 77.3 Å². The predicted molar refractivity (Wildman–Crippen MR) is 199 cm³/mol. The fraction of sp³-hybridized carbons (Fsp3) is 0.394. The van der Waals surface area contributed by atoms with E-state index in [-0.39, 0.29) is 34.8 Å². The molecule has 2 aromatic carbocycles. The third kappa shape index (κ3) is 9.78. The van der Waals surface area contributed by atoms with Gasteiger partial charge >= 0.3 is 12.6 Å². The van der Waals surface area contributed by atoms with Crippen LogP contribution in [0.1, 0.15) is 68.5 Å². The lowest BCUT2D eigenvalue weighted by Gasteiger charge is -2.33. The van der Waals surface area contributed by atoms with Crippen LogP contribution in [0.25, 0.3) is 22.5 Å². The van der Waals surface area contributed by atoms with Crippen molar-refractivity contribution in [2.75, 3.05) is 13.2 Å². The molecular weight excluding hydrogens is 676 g/mol. The maximum absolute atomic E-state index is 14.5. The van der Waals surface area contributed by atoms with Gasteiger partial charge in [-0.2, -0.15) is 19.0 Å². The summed E-state index contributed by atoms with van der Waals surface area (Å²) in [6.07, 6.45) is 5.96. The molecule has 0 spiro atoms. The van der Waals surface area contributed by atoms with Crippen LogP contribution in [0.2, 0.25) is 5.02 Å². The van der Waals surface area contributed by atoms with E-state index < -0.39 is 24.6 Å². The van der Waals surface area contributed by atoms with Crippen molar-refractivity contribution in [1.29, 1.82) is 5.41 Å². The van der Waals surface area contributed by atoms with E-state index in [0.717, 1.165) is 12.8 Å². The fourth-order valence-corrected chi connectivity index (χ4v) is 5.32. The first kappa shape index (κ1) is 37.6. The van der Waals surface area contributed by atoms with Gasteiger partial charge in [-0.1, -0.05) is 50.6 Å². The summed E-state index contributed by atoms with van der Waals surface area (Å²) in [5.41, 5.74) is 2.21. The van der Waals surface area contributed by atoms with Crippen molar-refractivity contribution >= 4 is 53.1 Å². The molecule has 2 heterocycles. The van der Waals surface area contributed by atoms with Crippen molar-refractivity contribution in [3.8, 4) is 22.5 Å². The Labute approximate surface area is 303 Å². The topological polar surface area (TPSA) is 143 Å². The molecule has 0 aliphatic heterocycles. The van der Waals surface area contributed by atoms with Gasteiger partial charge in [0.15, 0.2) is 11.8 Å². The van der Waals surface area contributed by atoms with Gasteiger partial charge in [-0.25, -0.2) is 14.5 Å². The average molecular weight is 718 g/mol. The summed E-state index contributed by atoms with van der Waals surface area (Å²) in [6, 6.07) is 10.5. The molecule has 2 aromatic heterocycles. The number of nitrogens with zero attached hydrogens (tertiary/aromatic N) is 6. The Morgan fingerprint density at radius 3 is 2.41 bits per heavy atom. The Morgan fingerprint density at radius 2 is 1.82 bits per heavy atom. The summed E-state index contributed by atoms with van der Waals surface area (Å²) in [7, 11) is 5.98. The van der Waals surface area contributed by atoms with E-state index in [4.69, 9.17) is 16.3 Å². The zero-order valence-corrected chi connectivity index (χ0v) is 30.3. The largest absolute Gasteiger partial charge is 0.447 e. The summed E-state index contributed by atoms with van der Waals surface area (Å²) in [5, 5.41) is 23.4. The van der Waals surface area contributed by atoms with Crippen molar-refractivity contribution in [2.24, 2.45) is 5.41 Å². The van der Waals surface area contributed by atoms with Crippen LogP contribution in [0.4, 0.5) is 13.6 Å². The monoisotopic (exact) mass is 717 g/mol. The SMILES string of the molecule is BC(B)(B)n1cnc(-c2cc([C@@H](COC(=O)NC3CC3)N(C(=N)NCCC(C)(C)C)C(=O)c3ccc(-c4cnn(C(F)F)c4)cc3)ccc2Cl)n1. The van der Waals surface area contributed by atoms with E-state index in [1.54, 1.807) is 53.5 Å². The minimum Gasteiger partial charge on any atom is -0.447 e. The van der Waals surface area contributed by atoms with Crippen LogP contribution < -0.4 is 10.6 Å². The number of halogens is 3. The van der Waals surface area contributed by atoms with Gasteiger partial charge in [0, 0.05) is 35.5 Å². The number of alkyl carbamates (subject to hydrolysis) is 1. The lowest BCUT2D eigenvalue weighted by molar-refractivity contribution is 0.0566. The first-order chi connectivity index (χ1) is 24.0. The van der Waals surface area contributed by atoms with E-state index in [1.165, 1.54) is 17.3 Å². The van der Waals surface area contributed by atoms with Crippen LogP contribution >= 0.6 is 11.6 Å². The second-order valence-corrected chi connectivity index (χ2v) is 15.2. The number of nitrogens with one attached hydrogen (secondary N) is 3. The van der Waals surface area contributed by atoms with Crippen molar-refractivity contribution in [2.45, 2.75) is 63.9 Å². The number of aromatic nitrogens is 5. The van der Waals surface area contributed by atoms with Crippen LogP contribution in [0.15, 0.2) is 61.2 Å². The molecule has 0 bridgehead atoms. The van der Waals surface area contributed by atoms with E-state index in [9.17, 15) is 23.8 Å². The Morgan fingerprint density at radius 1 is 1.12 bits per heavy atom. The normalized spacial score (nSPS) is 13.9. The molecule has 5 rings (SSSR count). The number of carbonyl (C=O) groups excluding carboxylic acids is 2. The number of hydrogen-bond acceptors (Lipinski definition) is 7. The molecule has 4 aromatic rings. The Hall–Kier alpha value is -4.66. The Bertz CT molecular complexity index is 1870. The number of benzene rings is 2. The summed E-state index contributed by atoms with van der Waals surface area (Å²) >= 11 is 6.68. The number of rotatable bonds is 12. The summed E-state index contributed by atoms with van der Waals surface area (Å²) in [5.74, 6) is -0.389. The van der Waals surface area contributed by atoms with Gasteiger partial charge < -0.3 is 15.4 Å². The molecule has 1 fully saturated rings. The minimum absolute atomic E-state index is 0.0449. The highest BCUT2D eigenvalue weighted by Gasteiger charge is 2.33. The quantitative estimate of drug-likeness (QED) is 0.116. The zero-order valence-electron chi connectivity index (χ0n) is 29.6. The number of carbonyl (C=O) groups is 2. The number of ether oxygens (including phenoxy) is 1. The van der Waals surface area contributed by atoms with E-state index in [1.807, 2.05) is 23.5 Å². The van der Waals surface area contributed by atoms with Crippen LogP contribution in [0.5, 0.6) is 0 Å². The number of hydrogen-bond donors (Lipinski definition) is 3. The highest BCUT2D eigenvalue weighted by Crippen LogP contribution is 2.33. The van der Waals surface area contributed by atoms with Gasteiger partial charge in [-0.05, 0) is 65.3 Å². The van der Waals surface area contributed by atoms with Crippen LogP contribution in [0.3, 0.4) is 0 Å². The van der Waals surface area contributed by atoms with Crippen molar-refractivity contribution in [1.82, 2.24) is 40.1 Å². The molecule has 1 saturated carbocycles. The van der Waals surface area contributed by atoms with Gasteiger partial charge in [0.2, 0.25) is 0 Å². The van der Waals surface area contributed by atoms with Crippen LogP contribution in [-0.2, 0) is 9.97 Å². The molecule has 2 amide bonds. The van der Waals surface area contributed by atoms with Gasteiger partial charge in [-0.15, -0.1) is 0 Å². The van der Waals surface area contributed by atoms with E-state index >= 15 is 0 Å². The van der Waals surface area contributed by atoms with Crippen molar-refractivity contribution < 1.29 is 23.1 Å². The lowest BCUT2D eigenvalue weighted by atomic mass is 9.49. The molecule has 12 nitrogen and oxygen atoms in total. The Balaban J connectivity index is 1.54. The molecule has 1 aliphatic rings. The molecular formula is C33H41B3ClF2N9O3. The molecule has 0 unspecified atom stereocenters. The molecule has 0 saturated heterocycles. The third-order valence-corrected chi connectivity index (χ3v) is 8.60. The first-order valence-corrected chi connectivity index (χ1v) is 17.1. The second kappa shape index (κ2) is 15.3. The molecule has 18 heteroatoms. The standard InChI is InChI=1S/C33H41B3ClF2N9O3/c1-32(2,3)12-13-41-30(40)48(28(49)20-6-4-19(5-7-20)22-15-43-46(16-22)29(38)39)26(17-51-31(50)44-23-9-10-23)21-8-11-25(37)24(14-21)27-42-18-47(45-27)33(34,35)36/h4-8,11,14-16,18,23,26,29H,9-10,12-13,17,34-36H2,1-3H3,(H2,40,41)(H,44,50)/t26-/m1/s1. The summed E-state index contributed by atoms with van der Waals surface area (Å²) < 4.78 is 34.3. The van der Waals surface area contributed by atoms with Gasteiger partial charge in [0.05, 0.1) is 17.3 Å². The van der Waals surface area contributed by atoms with E-state index in [2.05, 4.69) is 46.6 Å². The molecule has 0 radical (unpaired) electrons. The van der Waals surface area contributed by atoms with Gasteiger partial charge in [0.1, 0.15) is 36.5 Å². The molecule has 51 heavy (non-hydrogen) atoms. The number of guanidine groups is 1. The summed E-state index contributed by atoms with van der Waals surface area (Å²) in [4.78, 5) is 33.0. The molecule has 1 aliphatic carbocycles. The fourth-order valence-electron chi connectivity index (χ4n) is 5.12. The molecule has 3 N–H and O–H groups in total. The summed E-state index contributed by atoms with van der Waals surface area (Å²) in [6.45, 7) is 3.56. The zero-order chi connectivity index (χ0) is 37.1. The molecule has 1 atom stereocenters. The lowest BCUT2D eigenvalue weighted by Crippen LogP contribution is -2.48. The highest BCUT2D eigenvalue weighted by molar-refractivity contribution is 6.56. The average Bonchev–Trinajstić information content (AvgIpc) is 3.50. The first-order valence-electron chi connectivity index (χ1n) is 16.7. The maximum atomic E-state index is 14.5. The van der Waals surface area contributed by atoms with Crippen molar-refractivity contribution in [3.63, 3.8) is 0 Å². The van der Waals surface area contributed by atoms with Gasteiger partial charge in [0.25, 0.3) is 5.91 Å². The van der Waals surface area contributed by atoms with Gasteiger partial charge in [-0.3, -0.25) is 19.8 Å². The molecule has 266 valence electrons. The van der Waals surface area contributed by atoms with E-state index in [0.29, 0.717) is 50.7 Å². The predicted octanol–water partition coefficient (Wildman–Crippen LogP) is 3.36. The Kier molecular flexibility index (Phi) is 11.3. The second-order valence-electron chi connectivity index (χ2n) is 14.8. The van der Waals surface area contributed by atoms with Crippen LogP contribution in [-0.4, -0.2) is 90.1 Å². The minimum atomic E-state index is -2.78. The maximum Gasteiger partial charge on any atom is 0.407 e.